The van der Waals surface area contributed by atoms with E-state index in [4.69, 9.17) is 5.73 Å². The van der Waals surface area contributed by atoms with Crippen LogP contribution in [0.1, 0.15) is 52.4 Å². The molecule has 0 saturated heterocycles. The van der Waals surface area contributed by atoms with Crippen LogP contribution < -0.4 is 16.4 Å². The van der Waals surface area contributed by atoms with E-state index in [2.05, 4.69) is 10.6 Å². The molecule has 2 atom stereocenters. The smallest absolute Gasteiger partial charge is 0.224 e. The van der Waals surface area contributed by atoms with Gasteiger partial charge in [-0.25, -0.2) is 0 Å². The fourth-order valence-electron chi connectivity index (χ4n) is 2.56. The van der Waals surface area contributed by atoms with Gasteiger partial charge in [-0.1, -0.05) is 19.8 Å². The first-order valence-electron chi connectivity index (χ1n) is 7.30. The average molecular weight is 269 g/mol. The van der Waals surface area contributed by atoms with Crippen molar-refractivity contribution in [2.45, 2.75) is 57.9 Å². The van der Waals surface area contributed by atoms with Crippen LogP contribution in [-0.4, -0.2) is 30.4 Å². The van der Waals surface area contributed by atoms with Crippen molar-refractivity contribution in [3.05, 3.63) is 0 Å². The summed E-state index contributed by atoms with van der Waals surface area (Å²) in [6.07, 6.45) is 5.15. The summed E-state index contributed by atoms with van der Waals surface area (Å²) in [5.74, 6) is -0.144. The first kappa shape index (κ1) is 16.0. The molecule has 0 aromatic carbocycles. The van der Waals surface area contributed by atoms with E-state index in [9.17, 15) is 9.59 Å². The molecule has 0 bridgehead atoms. The molecule has 1 rings (SSSR count). The molecule has 5 heteroatoms. The molecule has 4 N–H and O–H groups in total. The van der Waals surface area contributed by atoms with E-state index >= 15 is 0 Å². The maximum Gasteiger partial charge on any atom is 0.224 e. The summed E-state index contributed by atoms with van der Waals surface area (Å²) in [6, 6.07) is 0. The number of nitrogens with two attached hydrogens (primary N) is 1. The van der Waals surface area contributed by atoms with Crippen LogP contribution in [0.4, 0.5) is 0 Å². The molecular formula is C14H27N3O2. The maximum atomic E-state index is 12.1. The number of nitrogens with one attached hydrogen (secondary N) is 2. The van der Waals surface area contributed by atoms with Crippen molar-refractivity contribution < 1.29 is 9.59 Å². The Morgan fingerprint density at radius 3 is 2.63 bits per heavy atom. The maximum absolute atomic E-state index is 12.1. The van der Waals surface area contributed by atoms with Crippen LogP contribution in [0.2, 0.25) is 0 Å². The van der Waals surface area contributed by atoms with E-state index in [0.717, 1.165) is 32.1 Å². The zero-order chi connectivity index (χ0) is 14.3. The van der Waals surface area contributed by atoms with E-state index in [1.54, 1.807) is 0 Å². The molecule has 0 radical (unpaired) electrons. The topological polar surface area (TPSA) is 84.2 Å². The largest absolute Gasteiger partial charge is 0.356 e. The highest BCUT2D eigenvalue weighted by molar-refractivity contribution is 5.81. The minimum absolute atomic E-state index is 0.00649. The van der Waals surface area contributed by atoms with Gasteiger partial charge in [0.15, 0.2) is 0 Å². The van der Waals surface area contributed by atoms with E-state index < -0.39 is 5.54 Å². The Morgan fingerprint density at radius 1 is 1.26 bits per heavy atom. The van der Waals surface area contributed by atoms with Crippen molar-refractivity contribution in [3.63, 3.8) is 0 Å². The van der Waals surface area contributed by atoms with E-state index in [0.29, 0.717) is 19.5 Å². The summed E-state index contributed by atoms with van der Waals surface area (Å²) in [5, 5.41) is 5.62. The molecule has 110 valence electrons. The summed E-state index contributed by atoms with van der Waals surface area (Å²) in [7, 11) is 0. The van der Waals surface area contributed by atoms with Crippen LogP contribution >= 0.6 is 0 Å². The van der Waals surface area contributed by atoms with Gasteiger partial charge < -0.3 is 16.4 Å². The first-order chi connectivity index (χ1) is 8.97. The minimum atomic E-state index is -0.410. The van der Waals surface area contributed by atoms with Crippen LogP contribution in [0.25, 0.3) is 0 Å². The number of rotatable bonds is 6. The van der Waals surface area contributed by atoms with Crippen LogP contribution in [0.3, 0.4) is 0 Å². The second-order valence-corrected chi connectivity index (χ2v) is 5.70. The lowest BCUT2D eigenvalue weighted by Crippen LogP contribution is -2.53. The van der Waals surface area contributed by atoms with Gasteiger partial charge in [0.1, 0.15) is 0 Å². The number of hydrogen-bond donors (Lipinski definition) is 3. The molecule has 1 fully saturated rings. The Bertz CT molecular complexity index is 316. The van der Waals surface area contributed by atoms with Crippen molar-refractivity contribution in [2.24, 2.45) is 11.7 Å². The molecule has 2 unspecified atom stereocenters. The Hall–Kier alpha value is -1.10. The monoisotopic (exact) mass is 269 g/mol. The van der Waals surface area contributed by atoms with E-state index in [1.807, 2.05) is 13.8 Å². The van der Waals surface area contributed by atoms with Crippen molar-refractivity contribution >= 4 is 11.8 Å². The molecule has 0 aromatic rings. The first-order valence-corrected chi connectivity index (χ1v) is 7.30. The van der Waals surface area contributed by atoms with E-state index in [1.165, 1.54) is 0 Å². The van der Waals surface area contributed by atoms with Gasteiger partial charge in [-0.05, 0) is 26.2 Å². The quantitative estimate of drug-likeness (QED) is 0.670. The Balaban J connectivity index is 2.29. The average Bonchev–Trinajstić information content (AvgIpc) is 2.35. The summed E-state index contributed by atoms with van der Waals surface area (Å²) in [4.78, 5) is 23.5. The summed E-state index contributed by atoms with van der Waals surface area (Å²) in [5.41, 5.74) is 5.77. The number of hydrogen-bond acceptors (Lipinski definition) is 3. The normalized spacial score (nSPS) is 26.8. The highest BCUT2D eigenvalue weighted by Crippen LogP contribution is 2.31. The number of carbonyl (C=O) groups is 2. The van der Waals surface area contributed by atoms with Crippen LogP contribution in [-0.2, 0) is 9.59 Å². The number of amides is 2. The molecule has 19 heavy (non-hydrogen) atoms. The molecule has 1 aliphatic carbocycles. The van der Waals surface area contributed by atoms with Gasteiger partial charge in [0.2, 0.25) is 11.8 Å². The summed E-state index contributed by atoms with van der Waals surface area (Å²) >= 11 is 0. The van der Waals surface area contributed by atoms with Crippen LogP contribution in [0.15, 0.2) is 0 Å². The van der Waals surface area contributed by atoms with Gasteiger partial charge in [-0.2, -0.15) is 0 Å². The lowest BCUT2D eigenvalue weighted by Gasteiger charge is -2.37. The molecule has 0 spiro atoms. The van der Waals surface area contributed by atoms with Gasteiger partial charge in [0.05, 0.1) is 5.92 Å². The molecule has 1 aliphatic rings. The fourth-order valence-corrected chi connectivity index (χ4v) is 2.56. The third-order valence-electron chi connectivity index (χ3n) is 3.79. The van der Waals surface area contributed by atoms with Gasteiger partial charge in [-0.15, -0.1) is 0 Å². The standard InChI is InChI=1S/C14H27N3O2/c1-3-9-16-12(18)7-10-17-13(19)11-6-4-5-8-14(11,2)15/h11H,3-10,15H2,1-2H3,(H,16,18)(H,17,19). The van der Waals surface area contributed by atoms with Crippen molar-refractivity contribution in [1.29, 1.82) is 0 Å². The Labute approximate surface area is 115 Å². The molecule has 1 saturated carbocycles. The summed E-state index contributed by atoms with van der Waals surface area (Å²) in [6.45, 7) is 5.04. The second-order valence-electron chi connectivity index (χ2n) is 5.70. The zero-order valence-corrected chi connectivity index (χ0v) is 12.1. The van der Waals surface area contributed by atoms with Gasteiger partial charge in [0.25, 0.3) is 0 Å². The SMILES string of the molecule is CCCNC(=O)CCNC(=O)C1CCCCC1(C)N. The predicted molar refractivity (Wildman–Crippen MR) is 75.5 cm³/mol. The van der Waals surface area contributed by atoms with Crippen molar-refractivity contribution in [3.8, 4) is 0 Å². The highest BCUT2D eigenvalue weighted by atomic mass is 16.2. The minimum Gasteiger partial charge on any atom is -0.356 e. The van der Waals surface area contributed by atoms with Crippen LogP contribution in [0, 0.1) is 5.92 Å². The predicted octanol–water partition coefficient (Wildman–Crippen LogP) is 0.927. The van der Waals surface area contributed by atoms with Gasteiger partial charge in [-0.3, -0.25) is 9.59 Å². The number of carbonyl (C=O) groups excluding carboxylic acids is 2. The highest BCUT2D eigenvalue weighted by Gasteiger charge is 2.37. The Morgan fingerprint density at radius 2 is 2.00 bits per heavy atom. The van der Waals surface area contributed by atoms with Crippen molar-refractivity contribution in [2.75, 3.05) is 13.1 Å². The van der Waals surface area contributed by atoms with Gasteiger partial charge >= 0.3 is 0 Å². The fraction of sp³-hybridized carbons (Fsp3) is 0.857. The Kier molecular flexibility index (Phi) is 6.28. The van der Waals surface area contributed by atoms with E-state index in [-0.39, 0.29) is 17.7 Å². The molecular weight excluding hydrogens is 242 g/mol. The van der Waals surface area contributed by atoms with Crippen LogP contribution in [0.5, 0.6) is 0 Å². The molecule has 0 aliphatic heterocycles. The lowest BCUT2D eigenvalue weighted by atomic mass is 9.74. The lowest BCUT2D eigenvalue weighted by molar-refractivity contribution is -0.128. The third kappa shape index (κ3) is 5.19. The second kappa shape index (κ2) is 7.48. The zero-order valence-electron chi connectivity index (χ0n) is 12.1. The third-order valence-corrected chi connectivity index (χ3v) is 3.79. The molecule has 0 heterocycles. The van der Waals surface area contributed by atoms with Crippen molar-refractivity contribution in [1.82, 2.24) is 10.6 Å². The molecule has 5 nitrogen and oxygen atoms in total. The molecule has 2 amide bonds. The summed E-state index contributed by atoms with van der Waals surface area (Å²) < 4.78 is 0. The molecule has 0 aromatic heterocycles. The van der Waals surface area contributed by atoms with Gasteiger partial charge in [0, 0.05) is 25.0 Å².